The summed E-state index contributed by atoms with van der Waals surface area (Å²) in [7, 11) is 0. The molecule has 2 aromatic carbocycles. The molecule has 1 aromatic heterocycles. The third-order valence-electron chi connectivity index (χ3n) is 4.86. The third-order valence-corrected chi connectivity index (χ3v) is 4.86. The molecule has 1 aliphatic rings. The van der Waals surface area contributed by atoms with Gasteiger partial charge in [-0.1, -0.05) is 48.5 Å². The standard InChI is InChI=1S/C21H21N3O2/c25-19(23-18-12-13-22-21(18)26)11-10-16-15-8-4-5-9-17(15)24-20(16)14-6-2-1-3-7-14/h1-9,18,24H,10-13H2,(H,22,26)(H,23,25). The molecule has 132 valence electrons. The number of H-pyrrole nitrogens is 1. The number of aromatic nitrogens is 1. The topological polar surface area (TPSA) is 74.0 Å². The average Bonchev–Trinajstić information content (AvgIpc) is 3.24. The Morgan fingerprint density at radius 1 is 1.08 bits per heavy atom. The highest BCUT2D eigenvalue weighted by Gasteiger charge is 2.25. The molecule has 2 amide bonds. The van der Waals surface area contributed by atoms with Crippen LogP contribution in [0.3, 0.4) is 0 Å². The molecule has 5 nitrogen and oxygen atoms in total. The molecular weight excluding hydrogens is 326 g/mol. The highest BCUT2D eigenvalue weighted by Crippen LogP contribution is 2.31. The summed E-state index contributed by atoms with van der Waals surface area (Å²) in [5.41, 5.74) is 4.36. The van der Waals surface area contributed by atoms with E-state index >= 15 is 0 Å². The Kier molecular flexibility index (Phi) is 4.44. The van der Waals surface area contributed by atoms with Crippen LogP contribution >= 0.6 is 0 Å². The third kappa shape index (κ3) is 3.20. The first-order valence-electron chi connectivity index (χ1n) is 8.94. The predicted molar refractivity (Wildman–Crippen MR) is 102 cm³/mol. The predicted octanol–water partition coefficient (Wildman–Crippen LogP) is 2.77. The number of nitrogens with one attached hydrogen (secondary N) is 3. The number of rotatable bonds is 5. The van der Waals surface area contributed by atoms with Gasteiger partial charge in [0, 0.05) is 29.6 Å². The Bertz CT molecular complexity index is 946. The van der Waals surface area contributed by atoms with Crippen LogP contribution < -0.4 is 10.6 Å². The number of aryl methyl sites for hydroxylation is 1. The van der Waals surface area contributed by atoms with Crippen LogP contribution in [0.4, 0.5) is 0 Å². The van der Waals surface area contributed by atoms with Gasteiger partial charge in [-0.3, -0.25) is 9.59 Å². The van der Waals surface area contributed by atoms with E-state index in [0.29, 0.717) is 25.8 Å². The SMILES string of the molecule is O=C(CCc1c(-c2ccccc2)[nH]c2ccccc12)NC1CCNC1=O. The molecule has 0 bridgehead atoms. The van der Waals surface area contributed by atoms with Crippen molar-refractivity contribution in [2.75, 3.05) is 6.54 Å². The Hall–Kier alpha value is -3.08. The van der Waals surface area contributed by atoms with Crippen molar-refractivity contribution in [3.05, 3.63) is 60.2 Å². The molecule has 1 saturated heterocycles. The molecule has 0 saturated carbocycles. The molecule has 26 heavy (non-hydrogen) atoms. The van der Waals surface area contributed by atoms with Crippen molar-refractivity contribution in [2.45, 2.75) is 25.3 Å². The maximum absolute atomic E-state index is 12.3. The van der Waals surface area contributed by atoms with Crippen LogP contribution in [0.25, 0.3) is 22.2 Å². The molecule has 3 N–H and O–H groups in total. The van der Waals surface area contributed by atoms with Crippen LogP contribution in [0.5, 0.6) is 0 Å². The van der Waals surface area contributed by atoms with Gasteiger partial charge in [-0.05, 0) is 30.0 Å². The quantitative estimate of drug-likeness (QED) is 0.664. The molecule has 1 fully saturated rings. The minimum absolute atomic E-state index is 0.0867. The van der Waals surface area contributed by atoms with E-state index in [0.717, 1.165) is 27.7 Å². The summed E-state index contributed by atoms with van der Waals surface area (Å²) in [4.78, 5) is 27.4. The van der Waals surface area contributed by atoms with Crippen molar-refractivity contribution in [2.24, 2.45) is 0 Å². The van der Waals surface area contributed by atoms with Gasteiger partial charge in [-0.15, -0.1) is 0 Å². The maximum Gasteiger partial charge on any atom is 0.242 e. The molecule has 2 heterocycles. The van der Waals surface area contributed by atoms with Crippen LogP contribution in [0, 0.1) is 0 Å². The van der Waals surface area contributed by atoms with Crippen molar-refractivity contribution < 1.29 is 9.59 Å². The van der Waals surface area contributed by atoms with E-state index < -0.39 is 0 Å². The van der Waals surface area contributed by atoms with Gasteiger partial charge in [0.2, 0.25) is 11.8 Å². The lowest BCUT2D eigenvalue weighted by molar-refractivity contribution is -0.127. The van der Waals surface area contributed by atoms with Gasteiger partial charge in [0.05, 0.1) is 0 Å². The summed E-state index contributed by atoms with van der Waals surface area (Å²) in [6.45, 7) is 0.629. The molecular formula is C21H21N3O2. The number of carbonyl (C=O) groups excluding carboxylic acids is 2. The average molecular weight is 347 g/mol. The summed E-state index contributed by atoms with van der Waals surface area (Å²) in [6, 6.07) is 17.9. The fraction of sp³-hybridized carbons (Fsp3) is 0.238. The van der Waals surface area contributed by atoms with E-state index in [9.17, 15) is 9.59 Å². The number of amides is 2. The smallest absolute Gasteiger partial charge is 0.242 e. The van der Waals surface area contributed by atoms with E-state index in [1.54, 1.807) is 0 Å². The fourth-order valence-corrected chi connectivity index (χ4v) is 3.55. The van der Waals surface area contributed by atoms with Gasteiger partial charge < -0.3 is 15.6 Å². The molecule has 0 aliphatic carbocycles. The lowest BCUT2D eigenvalue weighted by Crippen LogP contribution is -2.40. The highest BCUT2D eigenvalue weighted by molar-refractivity contribution is 5.92. The number of hydrogen-bond acceptors (Lipinski definition) is 2. The summed E-state index contributed by atoms with van der Waals surface area (Å²) in [6.07, 6.45) is 1.63. The minimum Gasteiger partial charge on any atom is -0.354 e. The normalized spacial score (nSPS) is 16.6. The van der Waals surface area contributed by atoms with E-state index in [1.807, 2.05) is 36.4 Å². The van der Waals surface area contributed by atoms with E-state index in [-0.39, 0.29) is 17.9 Å². The summed E-state index contributed by atoms with van der Waals surface area (Å²) in [5, 5.41) is 6.71. The Balaban J connectivity index is 1.57. The first kappa shape index (κ1) is 16.4. The Labute approximate surface area is 151 Å². The monoisotopic (exact) mass is 347 g/mol. The van der Waals surface area contributed by atoms with Crippen molar-refractivity contribution >= 4 is 22.7 Å². The van der Waals surface area contributed by atoms with Crippen molar-refractivity contribution in [1.82, 2.24) is 15.6 Å². The number of fused-ring (bicyclic) bond motifs is 1. The Morgan fingerprint density at radius 2 is 1.85 bits per heavy atom. The first-order chi connectivity index (χ1) is 12.7. The Morgan fingerprint density at radius 3 is 2.62 bits per heavy atom. The van der Waals surface area contributed by atoms with Gasteiger partial charge in [-0.25, -0.2) is 0 Å². The molecule has 0 spiro atoms. The van der Waals surface area contributed by atoms with Crippen LogP contribution in [0.1, 0.15) is 18.4 Å². The second-order valence-electron chi connectivity index (χ2n) is 6.59. The van der Waals surface area contributed by atoms with Crippen LogP contribution in [-0.2, 0) is 16.0 Å². The number of para-hydroxylation sites is 1. The lowest BCUT2D eigenvalue weighted by atomic mass is 10.0. The highest BCUT2D eigenvalue weighted by atomic mass is 16.2. The zero-order valence-corrected chi connectivity index (χ0v) is 14.4. The van der Waals surface area contributed by atoms with Crippen LogP contribution in [-0.4, -0.2) is 29.4 Å². The number of benzene rings is 2. The van der Waals surface area contributed by atoms with Gasteiger partial charge in [-0.2, -0.15) is 0 Å². The van der Waals surface area contributed by atoms with Crippen molar-refractivity contribution in [1.29, 1.82) is 0 Å². The zero-order valence-electron chi connectivity index (χ0n) is 14.4. The summed E-state index contributed by atoms with van der Waals surface area (Å²) >= 11 is 0. The van der Waals surface area contributed by atoms with E-state index in [2.05, 4.69) is 33.8 Å². The maximum atomic E-state index is 12.3. The van der Waals surface area contributed by atoms with E-state index in [1.165, 1.54) is 0 Å². The van der Waals surface area contributed by atoms with E-state index in [4.69, 9.17) is 0 Å². The number of hydrogen-bond donors (Lipinski definition) is 3. The van der Waals surface area contributed by atoms with Crippen molar-refractivity contribution in [3.63, 3.8) is 0 Å². The van der Waals surface area contributed by atoms with Crippen LogP contribution in [0.15, 0.2) is 54.6 Å². The zero-order chi connectivity index (χ0) is 17.9. The minimum atomic E-state index is -0.390. The van der Waals surface area contributed by atoms with Gasteiger partial charge in [0.25, 0.3) is 0 Å². The molecule has 1 aliphatic heterocycles. The molecule has 4 rings (SSSR count). The van der Waals surface area contributed by atoms with Gasteiger partial charge in [0.1, 0.15) is 6.04 Å². The second-order valence-corrected chi connectivity index (χ2v) is 6.59. The molecule has 5 heteroatoms. The van der Waals surface area contributed by atoms with Gasteiger partial charge >= 0.3 is 0 Å². The second kappa shape index (κ2) is 7.04. The first-order valence-corrected chi connectivity index (χ1v) is 8.94. The largest absolute Gasteiger partial charge is 0.354 e. The number of carbonyl (C=O) groups is 2. The summed E-state index contributed by atoms with van der Waals surface area (Å²) < 4.78 is 0. The molecule has 0 radical (unpaired) electrons. The number of aromatic amines is 1. The van der Waals surface area contributed by atoms with Crippen LogP contribution in [0.2, 0.25) is 0 Å². The van der Waals surface area contributed by atoms with Crippen molar-refractivity contribution in [3.8, 4) is 11.3 Å². The molecule has 1 atom stereocenters. The lowest BCUT2D eigenvalue weighted by Gasteiger charge is -2.10. The molecule has 3 aromatic rings. The summed E-state index contributed by atoms with van der Waals surface area (Å²) in [5.74, 6) is -0.174. The van der Waals surface area contributed by atoms with Gasteiger partial charge in [0.15, 0.2) is 0 Å². The fourth-order valence-electron chi connectivity index (χ4n) is 3.55. The molecule has 1 unspecified atom stereocenters.